The van der Waals surface area contributed by atoms with Crippen molar-refractivity contribution in [1.29, 1.82) is 10.8 Å². The summed E-state index contributed by atoms with van der Waals surface area (Å²) < 4.78 is 5.78. The molecule has 0 spiro atoms. The van der Waals surface area contributed by atoms with E-state index in [0.717, 1.165) is 10.8 Å². The molecular formula is C20H12ClN8O+. The SMILES string of the molecule is N#Cc1ccc(Nc2nc(N=[N+]=N)nc(Oc3ccc4cccc(Cl)c4c3)n2)cc1. The summed E-state index contributed by atoms with van der Waals surface area (Å²) >= 11 is 6.26. The number of nitriles is 1. The first-order valence-corrected chi connectivity index (χ1v) is 8.99. The van der Waals surface area contributed by atoms with Gasteiger partial charge in [0.1, 0.15) is 11.3 Å². The van der Waals surface area contributed by atoms with Gasteiger partial charge in [0.2, 0.25) is 10.9 Å². The minimum Gasteiger partial charge on any atom is -0.424 e. The number of hydrogen-bond acceptors (Lipinski definition) is 8. The molecule has 3 aromatic carbocycles. The van der Waals surface area contributed by atoms with Crippen molar-refractivity contribution in [3.8, 4) is 17.8 Å². The normalized spacial score (nSPS) is 10.1. The summed E-state index contributed by atoms with van der Waals surface area (Å²) in [5.74, 6) is 0.524. The van der Waals surface area contributed by atoms with Gasteiger partial charge in [-0.1, -0.05) is 29.8 Å². The maximum atomic E-state index is 8.90. The highest BCUT2D eigenvalue weighted by Crippen LogP contribution is 2.29. The maximum Gasteiger partial charge on any atom is 0.344 e. The molecule has 0 saturated carbocycles. The minimum absolute atomic E-state index is 0.0325. The van der Waals surface area contributed by atoms with Crippen molar-refractivity contribution >= 4 is 40.0 Å². The number of aromatic nitrogens is 3. The molecule has 0 atom stereocenters. The van der Waals surface area contributed by atoms with Gasteiger partial charge in [-0.05, 0) is 47.9 Å². The molecule has 0 saturated heterocycles. The van der Waals surface area contributed by atoms with Crippen LogP contribution in [-0.4, -0.2) is 15.0 Å². The van der Waals surface area contributed by atoms with Crippen LogP contribution in [0.25, 0.3) is 10.8 Å². The number of nitrogens with zero attached hydrogens (tertiary/aromatic N) is 6. The average molecular weight is 416 g/mol. The molecule has 10 heteroatoms. The Kier molecular flexibility index (Phi) is 5.26. The van der Waals surface area contributed by atoms with Crippen molar-refractivity contribution in [2.24, 2.45) is 5.11 Å². The molecular weight excluding hydrogens is 404 g/mol. The van der Waals surface area contributed by atoms with Gasteiger partial charge in [0.15, 0.2) is 5.11 Å². The number of rotatable bonds is 5. The molecule has 0 unspecified atom stereocenters. The fourth-order valence-corrected chi connectivity index (χ4v) is 2.91. The zero-order valence-electron chi connectivity index (χ0n) is 15.2. The lowest BCUT2D eigenvalue weighted by Crippen LogP contribution is -2.01. The van der Waals surface area contributed by atoms with Crippen LogP contribution in [0.5, 0.6) is 11.8 Å². The Hall–Kier alpha value is -4.38. The molecule has 30 heavy (non-hydrogen) atoms. The summed E-state index contributed by atoms with van der Waals surface area (Å²) in [6.45, 7) is 0. The quantitative estimate of drug-likeness (QED) is 0.337. The molecule has 1 heterocycles. The van der Waals surface area contributed by atoms with Crippen molar-refractivity contribution in [3.63, 3.8) is 0 Å². The molecule has 9 nitrogen and oxygen atoms in total. The van der Waals surface area contributed by atoms with E-state index in [4.69, 9.17) is 27.1 Å². The third-order valence-electron chi connectivity index (χ3n) is 4.02. The Morgan fingerprint density at radius 2 is 1.90 bits per heavy atom. The van der Waals surface area contributed by atoms with Gasteiger partial charge in [-0.25, -0.2) is 0 Å². The molecule has 1 aromatic heterocycles. The highest BCUT2D eigenvalue weighted by molar-refractivity contribution is 6.35. The highest BCUT2D eigenvalue weighted by Gasteiger charge is 2.12. The Morgan fingerprint density at radius 1 is 1.07 bits per heavy atom. The predicted octanol–water partition coefficient (Wildman–Crippen LogP) is 5.27. The third-order valence-corrected chi connectivity index (χ3v) is 4.35. The molecule has 0 aliphatic rings. The number of fused-ring (bicyclic) bond motifs is 1. The summed E-state index contributed by atoms with van der Waals surface area (Å²) in [6, 6.07) is 19.8. The zero-order valence-corrected chi connectivity index (χ0v) is 16.0. The molecule has 2 N–H and O–H groups in total. The second-order valence-corrected chi connectivity index (χ2v) is 6.39. The van der Waals surface area contributed by atoms with E-state index < -0.39 is 0 Å². The summed E-state index contributed by atoms with van der Waals surface area (Å²) in [4.78, 5) is 15.3. The topological polar surface area (TPSA) is 134 Å². The Balaban J connectivity index is 1.66. The van der Waals surface area contributed by atoms with Gasteiger partial charge >= 0.3 is 12.0 Å². The molecule has 0 amide bonds. The maximum absolute atomic E-state index is 8.90. The summed E-state index contributed by atoms with van der Waals surface area (Å²) in [5.41, 5.74) is 8.11. The van der Waals surface area contributed by atoms with E-state index in [1.54, 1.807) is 42.5 Å². The van der Waals surface area contributed by atoms with E-state index in [2.05, 4.69) is 36.4 Å². The lowest BCUT2D eigenvalue weighted by atomic mass is 10.1. The van der Waals surface area contributed by atoms with Crippen molar-refractivity contribution < 1.29 is 4.74 Å². The van der Waals surface area contributed by atoms with Gasteiger partial charge in [0, 0.05) is 16.1 Å². The number of anilines is 2. The van der Waals surface area contributed by atoms with Crippen molar-refractivity contribution in [2.45, 2.75) is 0 Å². The van der Waals surface area contributed by atoms with E-state index >= 15 is 0 Å². The van der Waals surface area contributed by atoms with Crippen molar-refractivity contribution in [1.82, 2.24) is 19.9 Å². The number of hydrogen-bond donors (Lipinski definition) is 2. The minimum atomic E-state index is -0.0926. The van der Waals surface area contributed by atoms with Crippen LogP contribution in [0, 0.1) is 16.9 Å². The van der Waals surface area contributed by atoms with Gasteiger partial charge in [0.05, 0.1) is 11.6 Å². The van der Waals surface area contributed by atoms with Crippen LogP contribution >= 0.6 is 11.6 Å². The van der Waals surface area contributed by atoms with Crippen molar-refractivity contribution in [3.05, 3.63) is 71.2 Å². The first-order valence-electron chi connectivity index (χ1n) is 8.61. The fraction of sp³-hybridized carbons (Fsp3) is 0. The molecule has 4 rings (SSSR count). The number of ether oxygens (including phenoxy) is 1. The summed E-state index contributed by atoms with van der Waals surface area (Å²) in [6.07, 6.45) is 0. The molecule has 4 aromatic rings. The lowest BCUT2D eigenvalue weighted by molar-refractivity contribution is 0.441. The molecule has 0 aliphatic heterocycles. The van der Waals surface area contributed by atoms with Gasteiger partial charge < -0.3 is 10.1 Å². The van der Waals surface area contributed by atoms with Crippen LogP contribution in [0.3, 0.4) is 0 Å². The smallest absolute Gasteiger partial charge is 0.344 e. The molecule has 0 radical (unpaired) electrons. The number of nitrogens with one attached hydrogen (secondary N) is 2. The van der Waals surface area contributed by atoms with Gasteiger partial charge in [-0.3, -0.25) is 0 Å². The predicted molar refractivity (Wildman–Crippen MR) is 110 cm³/mol. The third kappa shape index (κ3) is 4.20. The van der Waals surface area contributed by atoms with Crippen LogP contribution < -0.4 is 15.0 Å². The van der Waals surface area contributed by atoms with Gasteiger partial charge in [-0.15, -0.1) is 0 Å². The standard InChI is InChI=1S/C20H12ClN8O/c21-17-3-1-2-13-6-9-15(10-16(13)17)30-20-26-18(25-19(27-20)28-29-23)24-14-7-4-12(11-22)5-8-14/h1-10,23H,(H,24,25,26,27)/q+1. The van der Waals surface area contributed by atoms with E-state index in [9.17, 15) is 0 Å². The molecule has 0 fully saturated rings. The van der Waals surface area contributed by atoms with Gasteiger partial charge in [0.25, 0.3) is 0 Å². The summed E-state index contributed by atoms with van der Waals surface area (Å²) in [7, 11) is 0. The Bertz CT molecular complexity index is 1330. The molecule has 0 bridgehead atoms. The second kappa shape index (κ2) is 8.32. The highest BCUT2D eigenvalue weighted by atomic mass is 35.5. The first-order chi connectivity index (χ1) is 14.6. The van der Waals surface area contributed by atoms with E-state index in [-0.39, 0.29) is 17.9 Å². The average Bonchev–Trinajstić information content (AvgIpc) is 2.75. The van der Waals surface area contributed by atoms with Crippen LogP contribution in [0.1, 0.15) is 5.56 Å². The molecule has 144 valence electrons. The zero-order chi connectivity index (χ0) is 20.9. The summed E-state index contributed by atoms with van der Waals surface area (Å²) in [5, 5.41) is 17.8. The van der Waals surface area contributed by atoms with E-state index in [1.165, 1.54) is 0 Å². The van der Waals surface area contributed by atoms with Crippen LogP contribution in [0.15, 0.2) is 65.8 Å². The largest absolute Gasteiger partial charge is 0.424 e. The fourth-order valence-electron chi connectivity index (χ4n) is 2.68. The van der Waals surface area contributed by atoms with Crippen molar-refractivity contribution in [2.75, 3.05) is 5.32 Å². The number of halogens is 1. The van der Waals surface area contributed by atoms with Crippen LogP contribution in [0.4, 0.5) is 17.6 Å². The second-order valence-electron chi connectivity index (χ2n) is 5.98. The Labute approximate surface area is 175 Å². The van der Waals surface area contributed by atoms with Gasteiger partial charge in [-0.2, -0.15) is 20.2 Å². The number of benzene rings is 3. The lowest BCUT2D eigenvalue weighted by Gasteiger charge is -2.08. The first kappa shape index (κ1) is 19.0. The monoisotopic (exact) mass is 415 g/mol. The Morgan fingerprint density at radius 3 is 2.67 bits per heavy atom. The van der Waals surface area contributed by atoms with Crippen LogP contribution in [0.2, 0.25) is 5.02 Å². The van der Waals surface area contributed by atoms with E-state index in [1.807, 2.05) is 18.2 Å². The van der Waals surface area contributed by atoms with E-state index in [0.29, 0.717) is 22.0 Å². The van der Waals surface area contributed by atoms with Crippen LogP contribution in [-0.2, 0) is 0 Å². The molecule has 0 aliphatic carbocycles.